The summed E-state index contributed by atoms with van der Waals surface area (Å²) in [5.74, 6) is 0. The van der Waals surface area contributed by atoms with Crippen molar-refractivity contribution in [2.45, 2.75) is 5.41 Å². The van der Waals surface area contributed by atoms with E-state index in [-0.39, 0.29) is 0 Å². The second-order valence-corrected chi connectivity index (χ2v) is 12.1. The van der Waals surface area contributed by atoms with Crippen molar-refractivity contribution in [3.8, 4) is 11.1 Å². The number of fused-ring (bicyclic) bond motifs is 6. The fraction of sp³-hybridized carbons (Fsp3) is 0.0222. The second-order valence-electron chi connectivity index (χ2n) is 12.1. The van der Waals surface area contributed by atoms with E-state index in [1.807, 2.05) is 0 Å². The van der Waals surface area contributed by atoms with Gasteiger partial charge in [-0.3, -0.25) is 0 Å². The predicted octanol–water partition coefficient (Wildman–Crippen LogP) is 11.8. The van der Waals surface area contributed by atoms with E-state index in [0.29, 0.717) is 0 Å². The lowest BCUT2D eigenvalue weighted by atomic mass is 9.67. The smallest absolute Gasteiger partial charge is 0.0714 e. The Labute approximate surface area is 269 Å². The SMILES string of the molecule is c1ccc(N(c2ccc3c(c2)C(c2ccccc2)(c2ccccc2)c2ccccc2-3)c2cc3ccccc3c3ccccc23)cc1. The number of hydrogen-bond donors (Lipinski definition) is 0. The van der Waals surface area contributed by atoms with Crippen LogP contribution >= 0.6 is 0 Å². The van der Waals surface area contributed by atoms with E-state index in [0.717, 1.165) is 11.4 Å². The fourth-order valence-corrected chi connectivity index (χ4v) is 7.80. The van der Waals surface area contributed by atoms with E-state index < -0.39 is 5.41 Å². The van der Waals surface area contributed by atoms with Gasteiger partial charge < -0.3 is 4.90 Å². The molecule has 1 aliphatic carbocycles. The highest BCUT2D eigenvalue weighted by molar-refractivity contribution is 6.14. The Kier molecular flexibility index (Phi) is 6.11. The van der Waals surface area contributed by atoms with Gasteiger partial charge in [-0.05, 0) is 79.9 Å². The van der Waals surface area contributed by atoms with Crippen LogP contribution in [0.3, 0.4) is 0 Å². The Morgan fingerprint density at radius 1 is 0.348 bits per heavy atom. The van der Waals surface area contributed by atoms with Crippen molar-refractivity contribution in [1.82, 2.24) is 0 Å². The lowest BCUT2D eigenvalue weighted by Gasteiger charge is -2.35. The van der Waals surface area contributed by atoms with Crippen LogP contribution in [0.5, 0.6) is 0 Å². The van der Waals surface area contributed by atoms with Crippen molar-refractivity contribution >= 4 is 38.6 Å². The largest absolute Gasteiger partial charge is 0.310 e. The summed E-state index contributed by atoms with van der Waals surface area (Å²) in [6, 6.07) is 68.8. The molecule has 8 aromatic carbocycles. The van der Waals surface area contributed by atoms with Crippen LogP contribution in [0.1, 0.15) is 22.3 Å². The second kappa shape index (κ2) is 10.6. The summed E-state index contributed by atoms with van der Waals surface area (Å²) >= 11 is 0. The maximum Gasteiger partial charge on any atom is 0.0714 e. The van der Waals surface area contributed by atoms with Gasteiger partial charge >= 0.3 is 0 Å². The summed E-state index contributed by atoms with van der Waals surface area (Å²) in [7, 11) is 0. The van der Waals surface area contributed by atoms with Gasteiger partial charge in [0, 0.05) is 16.8 Å². The van der Waals surface area contributed by atoms with Crippen LogP contribution in [0.25, 0.3) is 32.7 Å². The van der Waals surface area contributed by atoms with Gasteiger partial charge in [-0.15, -0.1) is 0 Å². The number of anilines is 3. The minimum atomic E-state index is -0.460. The zero-order valence-electron chi connectivity index (χ0n) is 25.3. The van der Waals surface area contributed by atoms with Gasteiger partial charge in [-0.2, -0.15) is 0 Å². The number of nitrogens with zero attached hydrogens (tertiary/aromatic N) is 1. The first-order valence-corrected chi connectivity index (χ1v) is 16.0. The molecule has 1 aliphatic rings. The third-order valence-corrected chi connectivity index (χ3v) is 9.70. The molecule has 0 fully saturated rings. The van der Waals surface area contributed by atoms with E-state index in [4.69, 9.17) is 0 Å². The molecule has 0 spiro atoms. The Balaban J connectivity index is 1.38. The van der Waals surface area contributed by atoms with Crippen molar-refractivity contribution < 1.29 is 0 Å². The van der Waals surface area contributed by atoms with Gasteiger partial charge in [-0.25, -0.2) is 0 Å². The van der Waals surface area contributed by atoms with E-state index >= 15 is 0 Å². The predicted molar refractivity (Wildman–Crippen MR) is 193 cm³/mol. The van der Waals surface area contributed by atoms with Crippen LogP contribution in [0.4, 0.5) is 17.1 Å². The first kappa shape index (κ1) is 26.5. The molecule has 1 nitrogen and oxygen atoms in total. The van der Waals surface area contributed by atoms with E-state index in [9.17, 15) is 0 Å². The monoisotopic (exact) mass is 585 g/mol. The van der Waals surface area contributed by atoms with Gasteiger partial charge in [0.05, 0.1) is 11.1 Å². The molecule has 0 unspecified atom stereocenters. The zero-order valence-corrected chi connectivity index (χ0v) is 25.3. The molecular formula is C45H31N. The lowest BCUT2D eigenvalue weighted by molar-refractivity contribution is 0.768. The Morgan fingerprint density at radius 3 is 1.61 bits per heavy atom. The molecule has 0 atom stereocenters. The maximum absolute atomic E-state index is 2.45. The summed E-state index contributed by atoms with van der Waals surface area (Å²) in [5, 5.41) is 4.99. The summed E-state index contributed by atoms with van der Waals surface area (Å²) in [5.41, 5.74) is 10.7. The molecule has 46 heavy (non-hydrogen) atoms. The highest BCUT2D eigenvalue weighted by Crippen LogP contribution is 2.57. The Morgan fingerprint density at radius 2 is 0.891 bits per heavy atom. The molecular weight excluding hydrogens is 555 g/mol. The van der Waals surface area contributed by atoms with E-state index in [1.54, 1.807) is 0 Å². The van der Waals surface area contributed by atoms with Crippen molar-refractivity contribution in [3.63, 3.8) is 0 Å². The molecule has 8 aromatic rings. The first-order chi connectivity index (χ1) is 22.8. The molecule has 216 valence electrons. The van der Waals surface area contributed by atoms with Crippen LogP contribution in [0.15, 0.2) is 188 Å². The molecule has 1 heteroatoms. The molecule has 0 heterocycles. The molecule has 0 saturated carbocycles. The molecule has 0 bridgehead atoms. The first-order valence-electron chi connectivity index (χ1n) is 16.0. The van der Waals surface area contributed by atoms with Gasteiger partial charge in [-0.1, -0.05) is 158 Å². The fourth-order valence-electron chi connectivity index (χ4n) is 7.80. The van der Waals surface area contributed by atoms with Crippen molar-refractivity contribution in [1.29, 1.82) is 0 Å². The van der Waals surface area contributed by atoms with Crippen molar-refractivity contribution in [2.75, 3.05) is 4.90 Å². The van der Waals surface area contributed by atoms with Crippen molar-refractivity contribution in [3.05, 3.63) is 210 Å². The Bertz CT molecular complexity index is 2320. The molecule has 9 rings (SSSR count). The topological polar surface area (TPSA) is 3.24 Å². The average Bonchev–Trinajstić information content (AvgIpc) is 3.43. The van der Waals surface area contributed by atoms with Gasteiger partial charge in [0.1, 0.15) is 0 Å². The molecule has 0 N–H and O–H groups in total. The normalized spacial score (nSPS) is 13.0. The number of benzene rings is 8. The highest BCUT2D eigenvalue weighted by Gasteiger charge is 2.46. The molecule has 0 radical (unpaired) electrons. The summed E-state index contributed by atoms with van der Waals surface area (Å²) in [4.78, 5) is 2.44. The minimum Gasteiger partial charge on any atom is -0.310 e. The lowest BCUT2D eigenvalue weighted by Crippen LogP contribution is -2.28. The zero-order chi connectivity index (χ0) is 30.5. The quantitative estimate of drug-likeness (QED) is 0.182. The third kappa shape index (κ3) is 3.89. The summed E-state index contributed by atoms with van der Waals surface area (Å²) < 4.78 is 0. The van der Waals surface area contributed by atoms with Crippen LogP contribution < -0.4 is 4.90 Å². The summed E-state index contributed by atoms with van der Waals surface area (Å²) in [6.45, 7) is 0. The molecule has 0 aromatic heterocycles. The van der Waals surface area contributed by atoms with Crippen LogP contribution in [0, 0.1) is 0 Å². The van der Waals surface area contributed by atoms with Gasteiger partial charge in [0.2, 0.25) is 0 Å². The molecule has 0 saturated heterocycles. The van der Waals surface area contributed by atoms with E-state index in [2.05, 4.69) is 193 Å². The van der Waals surface area contributed by atoms with Gasteiger partial charge in [0.15, 0.2) is 0 Å². The van der Waals surface area contributed by atoms with Crippen molar-refractivity contribution in [2.24, 2.45) is 0 Å². The van der Waals surface area contributed by atoms with E-state index in [1.165, 1.54) is 60.6 Å². The van der Waals surface area contributed by atoms with Gasteiger partial charge in [0.25, 0.3) is 0 Å². The molecule has 0 aliphatic heterocycles. The van der Waals surface area contributed by atoms with Crippen LogP contribution in [0.2, 0.25) is 0 Å². The van der Waals surface area contributed by atoms with Crippen LogP contribution in [-0.4, -0.2) is 0 Å². The Hall–Kier alpha value is -5.92. The highest BCUT2D eigenvalue weighted by atomic mass is 15.1. The summed E-state index contributed by atoms with van der Waals surface area (Å²) in [6.07, 6.45) is 0. The minimum absolute atomic E-state index is 0.460. The maximum atomic E-state index is 2.45. The standard InChI is InChI=1S/C45H31N/c1-4-17-33(18-5-1)45(34-19-6-2-7-20-34)42-27-15-14-25-39(42)40-29-28-36(31-43(40)45)46(35-21-8-3-9-22-35)44-30-32-16-10-11-23-37(32)38-24-12-13-26-41(38)44/h1-31H. The number of rotatable bonds is 5. The number of para-hydroxylation sites is 1. The number of hydrogen-bond acceptors (Lipinski definition) is 1. The third-order valence-electron chi connectivity index (χ3n) is 9.70. The average molecular weight is 586 g/mol. The molecule has 0 amide bonds. The van der Waals surface area contributed by atoms with Crippen LogP contribution in [-0.2, 0) is 5.41 Å².